The molecule has 3 fully saturated rings. The Kier molecular flexibility index (Phi) is 4.24. The van der Waals surface area contributed by atoms with Crippen LogP contribution in [0.15, 0.2) is 0 Å². The molecule has 2 aliphatic heterocycles. The van der Waals surface area contributed by atoms with E-state index in [0.29, 0.717) is 19.8 Å². The Labute approximate surface area is 132 Å². The molecule has 3 aliphatic rings. The molecule has 0 aromatic carbocycles. The fourth-order valence-corrected chi connectivity index (χ4v) is 6.02. The maximum Gasteiger partial charge on any atom is 0.238 e. The summed E-state index contributed by atoms with van der Waals surface area (Å²) in [5, 5.41) is 0. The van der Waals surface area contributed by atoms with Crippen LogP contribution in [0.25, 0.3) is 0 Å². The maximum absolute atomic E-state index is 12.7. The van der Waals surface area contributed by atoms with E-state index in [1.807, 2.05) is 18.7 Å². The standard InChI is InChI=1S/C15H26N2O4S/c1-12(2)17(13-4-9-21-11-13)14(18)10-16-8-3-5-15(6-7-15)22(16,19)20/h12-13H,3-11H2,1-2H3. The minimum atomic E-state index is -3.31. The second-order valence-electron chi connectivity index (χ2n) is 7.04. The predicted octanol–water partition coefficient (Wildman–Crippen LogP) is 0.971. The molecule has 1 saturated carbocycles. The van der Waals surface area contributed by atoms with E-state index in [9.17, 15) is 13.2 Å². The first-order chi connectivity index (χ1) is 10.4. The average Bonchev–Trinajstić information content (AvgIpc) is 3.04. The second kappa shape index (κ2) is 5.76. The molecule has 0 N–H and O–H groups in total. The Hall–Kier alpha value is -0.660. The van der Waals surface area contributed by atoms with Crippen molar-refractivity contribution in [1.29, 1.82) is 0 Å². The van der Waals surface area contributed by atoms with Gasteiger partial charge in [-0.15, -0.1) is 0 Å². The highest BCUT2D eigenvalue weighted by molar-refractivity contribution is 7.90. The molecule has 0 radical (unpaired) electrons. The summed E-state index contributed by atoms with van der Waals surface area (Å²) in [5.41, 5.74) is 0. The molecule has 1 unspecified atom stereocenters. The molecule has 1 amide bonds. The van der Waals surface area contributed by atoms with Gasteiger partial charge in [0.1, 0.15) is 0 Å². The van der Waals surface area contributed by atoms with Gasteiger partial charge in [0.2, 0.25) is 15.9 Å². The molecule has 1 aliphatic carbocycles. The van der Waals surface area contributed by atoms with Crippen molar-refractivity contribution in [3.8, 4) is 0 Å². The lowest BCUT2D eigenvalue weighted by molar-refractivity contribution is -0.135. The van der Waals surface area contributed by atoms with Crippen LogP contribution in [0.4, 0.5) is 0 Å². The van der Waals surface area contributed by atoms with Crippen LogP contribution in [-0.4, -0.2) is 66.7 Å². The van der Waals surface area contributed by atoms with E-state index in [1.165, 1.54) is 4.31 Å². The summed E-state index contributed by atoms with van der Waals surface area (Å²) in [6, 6.07) is 0.136. The Morgan fingerprint density at radius 1 is 1.36 bits per heavy atom. The Morgan fingerprint density at radius 3 is 2.64 bits per heavy atom. The van der Waals surface area contributed by atoms with Gasteiger partial charge in [-0.05, 0) is 46.0 Å². The summed E-state index contributed by atoms with van der Waals surface area (Å²) in [4.78, 5) is 14.5. The molecular formula is C15H26N2O4S. The number of sulfonamides is 1. The summed E-state index contributed by atoms with van der Waals surface area (Å²) in [5.74, 6) is -0.0909. The average molecular weight is 330 g/mol. The zero-order valence-corrected chi connectivity index (χ0v) is 14.3. The van der Waals surface area contributed by atoms with E-state index < -0.39 is 14.8 Å². The van der Waals surface area contributed by atoms with Gasteiger partial charge in [-0.3, -0.25) is 4.79 Å². The summed E-state index contributed by atoms with van der Waals surface area (Å²) in [6.07, 6.45) is 3.96. The van der Waals surface area contributed by atoms with Crippen LogP contribution in [0.1, 0.15) is 46.0 Å². The highest BCUT2D eigenvalue weighted by Gasteiger charge is 2.58. The van der Waals surface area contributed by atoms with Crippen molar-refractivity contribution in [2.24, 2.45) is 0 Å². The Bertz CT molecular complexity index is 536. The molecule has 126 valence electrons. The molecule has 1 atom stereocenters. The van der Waals surface area contributed by atoms with E-state index in [0.717, 1.165) is 32.1 Å². The van der Waals surface area contributed by atoms with Crippen molar-refractivity contribution >= 4 is 15.9 Å². The van der Waals surface area contributed by atoms with E-state index >= 15 is 0 Å². The van der Waals surface area contributed by atoms with Crippen LogP contribution in [-0.2, 0) is 19.6 Å². The van der Waals surface area contributed by atoms with E-state index in [2.05, 4.69) is 0 Å². The topological polar surface area (TPSA) is 66.9 Å². The minimum absolute atomic E-state index is 0.0151. The number of carbonyl (C=O) groups excluding carboxylic acids is 1. The van der Waals surface area contributed by atoms with Gasteiger partial charge in [-0.1, -0.05) is 0 Å². The molecule has 6 nitrogen and oxygen atoms in total. The van der Waals surface area contributed by atoms with Crippen LogP contribution < -0.4 is 0 Å². The van der Waals surface area contributed by atoms with E-state index in [-0.39, 0.29) is 24.5 Å². The van der Waals surface area contributed by atoms with Crippen molar-refractivity contribution in [1.82, 2.24) is 9.21 Å². The summed E-state index contributed by atoms with van der Waals surface area (Å²) >= 11 is 0. The fourth-order valence-electron chi connectivity index (χ4n) is 3.80. The largest absolute Gasteiger partial charge is 0.379 e. The highest BCUT2D eigenvalue weighted by atomic mass is 32.2. The summed E-state index contributed by atoms with van der Waals surface area (Å²) in [6.45, 7) is 5.64. The van der Waals surface area contributed by atoms with Gasteiger partial charge in [-0.25, -0.2) is 8.42 Å². The number of hydrogen-bond donors (Lipinski definition) is 0. The minimum Gasteiger partial charge on any atom is -0.379 e. The summed E-state index contributed by atoms with van der Waals surface area (Å²) < 4.78 is 31.6. The van der Waals surface area contributed by atoms with Crippen molar-refractivity contribution < 1.29 is 17.9 Å². The molecule has 0 aromatic heterocycles. The van der Waals surface area contributed by atoms with Gasteiger partial charge in [0, 0.05) is 19.2 Å². The first kappa shape index (κ1) is 16.2. The smallest absolute Gasteiger partial charge is 0.238 e. The van der Waals surface area contributed by atoms with Gasteiger partial charge in [-0.2, -0.15) is 4.31 Å². The number of carbonyl (C=O) groups is 1. The lowest BCUT2D eigenvalue weighted by atomic mass is 10.1. The van der Waals surface area contributed by atoms with Gasteiger partial charge in [0.25, 0.3) is 0 Å². The third-order valence-corrected chi connectivity index (χ3v) is 7.89. The number of ether oxygens (including phenoxy) is 1. The maximum atomic E-state index is 12.7. The molecular weight excluding hydrogens is 304 g/mol. The lowest BCUT2D eigenvalue weighted by Gasteiger charge is -2.36. The normalized spacial score (nSPS) is 29.9. The zero-order chi connectivity index (χ0) is 16.0. The molecule has 0 bridgehead atoms. The molecule has 7 heteroatoms. The van der Waals surface area contributed by atoms with Crippen LogP contribution in [0.5, 0.6) is 0 Å². The summed E-state index contributed by atoms with van der Waals surface area (Å²) in [7, 11) is -3.31. The van der Waals surface area contributed by atoms with Crippen molar-refractivity contribution in [2.75, 3.05) is 26.3 Å². The lowest BCUT2D eigenvalue weighted by Crippen LogP contribution is -2.53. The van der Waals surface area contributed by atoms with Crippen LogP contribution in [0.3, 0.4) is 0 Å². The number of hydrogen-bond acceptors (Lipinski definition) is 4. The fraction of sp³-hybridized carbons (Fsp3) is 0.933. The van der Waals surface area contributed by atoms with Gasteiger partial charge in [0.05, 0.1) is 23.9 Å². The van der Waals surface area contributed by atoms with E-state index in [1.54, 1.807) is 0 Å². The molecule has 3 rings (SSSR count). The number of amides is 1. The SMILES string of the molecule is CC(C)N(C(=O)CN1CCCC2(CC2)S1(=O)=O)C1CCOC1. The van der Waals surface area contributed by atoms with E-state index in [4.69, 9.17) is 4.74 Å². The Morgan fingerprint density at radius 2 is 2.09 bits per heavy atom. The van der Waals surface area contributed by atoms with Crippen molar-refractivity contribution in [3.05, 3.63) is 0 Å². The van der Waals surface area contributed by atoms with Crippen LogP contribution in [0.2, 0.25) is 0 Å². The third-order valence-electron chi connectivity index (χ3n) is 5.19. The zero-order valence-electron chi connectivity index (χ0n) is 13.5. The predicted molar refractivity (Wildman–Crippen MR) is 82.9 cm³/mol. The van der Waals surface area contributed by atoms with Crippen LogP contribution in [0, 0.1) is 0 Å². The number of nitrogens with zero attached hydrogens (tertiary/aromatic N) is 2. The molecule has 0 aromatic rings. The second-order valence-corrected chi connectivity index (χ2v) is 9.37. The van der Waals surface area contributed by atoms with Crippen molar-refractivity contribution in [2.45, 2.75) is 62.8 Å². The molecule has 22 heavy (non-hydrogen) atoms. The van der Waals surface area contributed by atoms with Crippen molar-refractivity contribution in [3.63, 3.8) is 0 Å². The third kappa shape index (κ3) is 2.67. The highest BCUT2D eigenvalue weighted by Crippen LogP contribution is 2.51. The number of rotatable bonds is 4. The molecule has 1 spiro atoms. The molecule has 2 heterocycles. The first-order valence-corrected chi connectivity index (χ1v) is 9.70. The van der Waals surface area contributed by atoms with Gasteiger partial charge >= 0.3 is 0 Å². The van der Waals surface area contributed by atoms with Crippen LogP contribution >= 0.6 is 0 Å². The van der Waals surface area contributed by atoms with Gasteiger partial charge in [0.15, 0.2) is 0 Å². The molecule has 2 saturated heterocycles. The Balaban J connectivity index is 1.72. The quantitative estimate of drug-likeness (QED) is 0.770. The monoisotopic (exact) mass is 330 g/mol. The first-order valence-electron chi connectivity index (χ1n) is 8.26. The van der Waals surface area contributed by atoms with Gasteiger partial charge < -0.3 is 9.64 Å².